The number of aromatic nitrogens is 1. The van der Waals surface area contributed by atoms with Crippen LogP contribution >= 0.6 is 0 Å². The first kappa shape index (κ1) is 18.9. The molecular formula is C22H26FN3O2. The van der Waals surface area contributed by atoms with Gasteiger partial charge in [-0.2, -0.15) is 0 Å². The van der Waals surface area contributed by atoms with Crippen molar-refractivity contribution in [2.45, 2.75) is 51.1 Å². The van der Waals surface area contributed by atoms with Gasteiger partial charge in [-0.3, -0.25) is 9.78 Å². The van der Waals surface area contributed by atoms with E-state index in [4.69, 9.17) is 10.5 Å². The lowest BCUT2D eigenvalue weighted by atomic mass is 9.96. The summed E-state index contributed by atoms with van der Waals surface area (Å²) < 4.78 is 18.9. The third kappa shape index (κ3) is 4.33. The van der Waals surface area contributed by atoms with Gasteiger partial charge in [0.25, 0.3) is 0 Å². The molecule has 1 aromatic carbocycles. The van der Waals surface area contributed by atoms with Crippen LogP contribution in [-0.4, -0.2) is 28.4 Å². The molecule has 2 atom stereocenters. The summed E-state index contributed by atoms with van der Waals surface area (Å²) in [5, 5.41) is 0. The molecule has 0 radical (unpaired) electrons. The fraction of sp³-hybridized carbons (Fsp3) is 0.455. The number of fused-ring (bicyclic) bond motifs is 1. The lowest BCUT2D eigenvalue weighted by Crippen LogP contribution is -2.40. The highest BCUT2D eigenvalue weighted by molar-refractivity contribution is 5.79. The minimum Gasteiger partial charge on any atom is -0.456 e. The Labute approximate surface area is 164 Å². The first-order chi connectivity index (χ1) is 13.6. The quantitative estimate of drug-likeness (QED) is 0.819. The Balaban J connectivity index is 1.45. The van der Waals surface area contributed by atoms with Crippen molar-refractivity contribution < 1.29 is 13.9 Å². The zero-order chi connectivity index (χ0) is 19.5. The first-order valence-electron chi connectivity index (χ1n) is 10.0. The van der Waals surface area contributed by atoms with Crippen LogP contribution < -0.4 is 10.5 Å². The van der Waals surface area contributed by atoms with Crippen molar-refractivity contribution >= 4 is 5.91 Å². The Morgan fingerprint density at radius 1 is 1.14 bits per heavy atom. The van der Waals surface area contributed by atoms with Gasteiger partial charge in [0.05, 0.1) is 6.20 Å². The number of rotatable bonds is 3. The second-order valence-electron chi connectivity index (χ2n) is 7.81. The minimum atomic E-state index is -0.301. The lowest BCUT2D eigenvalue weighted by molar-refractivity contribution is -0.137. The molecule has 1 fully saturated rings. The molecule has 1 aromatic heterocycles. The molecule has 1 aliphatic heterocycles. The van der Waals surface area contributed by atoms with Crippen molar-refractivity contribution in [1.82, 2.24) is 9.88 Å². The molecule has 2 aromatic rings. The van der Waals surface area contributed by atoms with Crippen molar-refractivity contribution in [2.24, 2.45) is 11.7 Å². The number of amides is 1. The number of nitrogens with zero attached hydrogens (tertiary/aromatic N) is 2. The average Bonchev–Trinajstić information content (AvgIpc) is 2.93. The van der Waals surface area contributed by atoms with Crippen LogP contribution in [0.2, 0.25) is 0 Å². The SMILES string of the molecule is NC1CCCC(C(=O)N2CCc3ncc(Oc4ccc(F)cc4)cc3C2)CC1. The van der Waals surface area contributed by atoms with E-state index < -0.39 is 0 Å². The van der Waals surface area contributed by atoms with Crippen molar-refractivity contribution in [2.75, 3.05) is 6.54 Å². The number of ether oxygens (including phenoxy) is 1. The molecular weight excluding hydrogens is 357 g/mol. The summed E-state index contributed by atoms with van der Waals surface area (Å²) >= 11 is 0. The predicted octanol–water partition coefficient (Wildman–Crippen LogP) is 3.81. The Morgan fingerprint density at radius 3 is 2.79 bits per heavy atom. The van der Waals surface area contributed by atoms with E-state index >= 15 is 0 Å². The van der Waals surface area contributed by atoms with E-state index in [0.29, 0.717) is 24.6 Å². The van der Waals surface area contributed by atoms with Crippen LogP contribution in [0.1, 0.15) is 43.4 Å². The number of halogens is 1. The van der Waals surface area contributed by atoms with Gasteiger partial charge in [0, 0.05) is 37.2 Å². The highest BCUT2D eigenvalue weighted by Crippen LogP contribution is 2.29. The van der Waals surface area contributed by atoms with Crippen LogP contribution in [0.5, 0.6) is 11.5 Å². The van der Waals surface area contributed by atoms with E-state index in [2.05, 4.69) is 4.98 Å². The summed E-state index contributed by atoms with van der Waals surface area (Å²) in [7, 11) is 0. The second kappa shape index (κ2) is 8.27. The van der Waals surface area contributed by atoms with E-state index in [1.165, 1.54) is 12.1 Å². The van der Waals surface area contributed by atoms with Gasteiger partial charge in [0.15, 0.2) is 0 Å². The number of carbonyl (C=O) groups is 1. The number of benzene rings is 1. The lowest BCUT2D eigenvalue weighted by Gasteiger charge is -2.31. The van der Waals surface area contributed by atoms with E-state index in [9.17, 15) is 9.18 Å². The minimum absolute atomic E-state index is 0.0849. The maximum Gasteiger partial charge on any atom is 0.225 e. The third-order valence-corrected chi connectivity index (χ3v) is 5.74. The van der Waals surface area contributed by atoms with Gasteiger partial charge < -0.3 is 15.4 Å². The van der Waals surface area contributed by atoms with Crippen molar-refractivity contribution in [1.29, 1.82) is 0 Å². The molecule has 0 spiro atoms. The van der Waals surface area contributed by atoms with E-state index in [1.807, 2.05) is 11.0 Å². The smallest absolute Gasteiger partial charge is 0.225 e. The van der Waals surface area contributed by atoms with Crippen molar-refractivity contribution in [3.8, 4) is 11.5 Å². The van der Waals surface area contributed by atoms with Crippen LogP contribution in [-0.2, 0) is 17.8 Å². The fourth-order valence-corrected chi connectivity index (χ4v) is 4.12. The number of hydrogen-bond donors (Lipinski definition) is 1. The summed E-state index contributed by atoms with van der Waals surface area (Å²) in [6, 6.07) is 8.06. The maximum atomic E-state index is 13.1. The van der Waals surface area contributed by atoms with Crippen LogP contribution in [0.15, 0.2) is 36.5 Å². The Hall–Kier alpha value is -2.47. The zero-order valence-corrected chi connectivity index (χ0v) is 15.9. The maximum absolute atomic E-state index is 13.1. The normalized spacial score (nSPS) is 22.3. The topological polar surface area (TPSA) is 68.5 Å². The molecule has 148 valence electrons. The van der Waals surface area contributed by atoms with Gasteiger partial charge >= 0.3 is 0 Å². The van der Waals surface area contributed by atoms with E-state index in [-0.39, 0.29) is 23.7 Å². The Kier molecular flexibility index (Phi) is 5.57. The molecule has 2 N–H and O–H groups in total. The van der Waals surface area contributed by atoms with Crippen molar-refractivity contribution in [3.63, 3.8) is 0 Å². The molecule has 0 saturated heterocycles. The standard InChI is InChI=1S/C22H26FN3O2/c23-17-5-8-19(9-6-17)28-20-12-16-14-26(11-10-21(16)25-13-20)22(27)15-2-1-3-18(24)7-4-15/h5-6,8-9,12-13,15,18H,1-4,7,10-11,14,24H2. The molecule has 0 bridgehead atoms. The van der Waals surface area contributed by atoms with Gasteiger partial charge in [-0.05, 0) is 61.6 Å². The fourth-order valence-electron chi connectivity index (χ4n) is 4.12. The summed E-state index contributed by atoms with van der Waals surface area (Å²) in [6.45, 7) is 1.27. The summed E-state index contributed by atoms with van der Waals surface area (Å²) in [5.74, 6) is 1.18. The summed E-state index contributed by atoms with van der Waals surface area (Å²) in [6.07, 6.45) is 7.23. The average molecular weight is 383 g/mol. The van der Waals surface area contributed by atoms with Gasteiger partial charge in [0.2, 0.25) is 5.91 Å². The highest BCUT2D eigenvalue weighted by Gasteiger charge is 2.29. The largest absolute Gasteiger partial charge is 0.456 e. The summed E-state index contributed by atoms with van der Waals surface area (Å²) in [4.78, 5) is 19.5. The van der Waals surface area contributed by atoms with E-state index in [1.54, 1.807) is 18.3 Å². The monoisotopic (exact) mass is 383 g/mol. The zero-order valence-electron chi connectivity index (χ0n) is 15.9. The number of pyridine rings is 1. The molecule has 4 rings (SSSR count). The summed E-state index contributed by atoms with van der Waals surface area (Å²) in [5.41, 5.74) is 8.09. The van der Waals surface area contributed by atoms with Crippen LogP contribution in [0.3, 0.4) is 0 Å². The van der Waals surface area contributed by atoms with Gasteiger partial charge in [-0.25, -0.2) is 4.39 Å². The molecule has 6 heteroatoms. The van der Waals surface area contributed by atoms with Gasteiger partial charge in [-0.15, -0.1) is 0 Å². The predicted molar refractivity (Wildman–Crippen MR) is 104 cm³/mol. The number of hydrogen-bond acceptors (Lipinski definition) is 4. The first-order valence-corrected chi connectivity index (χ1v) is 10.0. The van der Waals surface area contributed by atoms with Crippen LogP contribution in [0.25, 0.3) is 0 Å². The molecule has 1 amide bonds. The molecule has 28 heavy (non-hydrogen) atoms. The number of nitrogens with two attached hydrogens (primary N) is 1. The van der Waals surface area contributed by atoms with E-state index in [0.717, 1.165) is 49.8 Å². The molecule has 2 unspecified atom stereocenters. The molecule has 5 nitrogen and oxygen atoms in total. The third-order valence-electron chi connectivity index (χ3n) is 5.74. The molecule has 2 aliphatic rings. The van der Waals surface area contributed by atoms with Gasteiger partial charge in [0.1, 0.15) is 17.3 Å². The Morgan fingerprint density at radius 2 is 1.96 bits per heavy atom. The molecule has 1 aliphatic carbocycles. The van der Waals surface area contributed by atoms with Crippen molar-refractivity contribution in [3.05, 3.63) is 53.6 Å². The molecule has 2 heterocycles. The van der Waals surface area contributed by atoms with Gasteiger partial charge in [-0.1, -0.05) is 6.42 Å². The number of carbonyl (C=O) groups excluding carboxylic acids is 1. The highest BCUT2D eigenvalue weighted by atomic mass is 19.1. The Bertz CT molecular complexity index is 840. The molecule has 1 saturated carbocycles. The second-order valence-corrected chi connectivity index (χ2v) is 7.81. The van der Waals surface area contributed by atoms with Crippen LogP contribution in [0.4, 0.5) is 4.39 Å². The van der Waals surface area contributed by atoms with Crippen LogP contribution in [0, 0.1) is 11.7 Å².